The van der Waals surface area contributed by atoms with Crippen LogP contribution < -0.4 is 14.8 Å². The van der Waals surface area contributed by atoms with E-state index in [1.807, 2.05) is 47.8 Å². The van der Waals surface area contributed by atoms with Crippen LogP contribution in [0, 0.1) is 0 Å². The fourth-order valence-corrected chi connectivity index (χ4v) is 5.18. The van der Waals surface area contributed by atoms with E-state index in [2.05, 4.69) is 20.2 Å². The third-order valence-corrected chi connectivity index (χ3v) is 7.61. The van der Waals surface area contributed by atoms with E-state index in [4.69, 9.17) is 16.3 Å². The number of aromatic nitrogens is 4. The van der Waals surface area contributed by atoms with Crippen LogP contribution in [-0.2, 0) is 23.0 Å². The molecule has 10 nitrogen and oxygen atoms in total. The van der Waals surface area contributed by atoms with Crippen molar-refractivity contribution in [3.8, 4) is 11.4 Å². The van der Waals surface area contributed by atoms with Gasteiger partial charge in [-0.2, -0.15) is 0 Å². The van der Waals surface area contributed by atoms with Gasteiger partial charge in [0.05, 0.1) is 17.7 Å². The molecule has 0 amide bonds. The molecular formula is C25H28ClN6O4S+. The lowest BCUT2D eigenvalue weighted by atomic mass is 10.0. The zero-order valence-electron chi connectivity index (χ0n) is 20.1. The van der Waals surface area contributed by atoms with Gasteiger partial charge in [0.2, 0.25) is 10.0 Å². The molecule has 3 aromatic carbocycles. The Hall–Kier alpha value is -3.35. The fourth-order valence-electron chi connectivity index (χ4n) is 3.94. The Morgan fingerprint density at radius 3 is 2.54 bits per heavy atom. The predicted octanol–water partition coefficient (Wildman–Crippen LogP) is 1.34. The summed E-state index contributed by atoms with van der Waals surface area (Å²) in [6.07, 6.45) is 1.04. The molecule has 37 heavy (non-hydrogen) atoms. The van der Waals surface area contributed by atoms with Crippen molar-refractivity contribution in [3.05, 3.63) is 95.3 Å². The van der Waals surface area contributed by atoms with Gasteiger partial charge in [-0.15, -0.1) is 5.10 Å². The normalized spacial score (nSPS) is 13.3. The Labute approximate surface area is 220 Å². The first-order chi connectivity index (χ1) is 17.9. The molecule has 1 heterocycles. The van der Waals surface area contributed by atoms with Crippen molar-refractivity contribution in [3.63, 3.8) is 0 Å². The highest BCUT2D eigenvalue weighted by molar-refractivity contribution is 7.89. The molecule has 0 bridgehead atoms. The van der Waals surface area contributed by atoms with Crippen LogP contribution >= 0.6 is 11.6 Å². The quantitative estimate of drug-likeness (QED) is 0.245. The number of sulfonamides is 1. The molecular weight excluding hydrogens is 516 g/mol. The molecule has 0 aliphatic rings. The van der Waals surface area contributed by atoms with Gasteiger partial charge in [-0.05, 0) is 58.5 Å². The molecule has 12 heteroatoms. The lowest BCUT2D eigenvalue weighted by Crippen LogP contribution is -2.92. The van der Waals surface area contributed by atoms with E-state index in [1.165, 1.54) is 25.6 Å². The summed E-state index contributed by atoms with van der Waals surface area (Å²) in [6, 6.07) is 20.8. The number of aliphatic hydroxyl groups is 1. The van der Waals surface area contributed by atoms with Gasteiger partial charge in [0.1, 0.15) is 30.8 Å². The van der Waals surface area contributed by atoms with Gasteiger partial charge in [-0.1, -0.05) is 41.9 Å². The first kappa shape index (κ1) is 26.7. The van der Waals surface area contributed by atoms with E-state index in [0.717, 1.165) is 16.8 Å². The van der Waals surface area contributed by atoms with E-state index in [9.17, 15) is 13.5 Å². The second-order valence-electron chi connectivity index (χ2n) is 8.42. The maximum atomic E-state index is 12.8. The van der Waals surface area contributed by atoms with Crippen molar-refractivity contribution >= 4 is 21.6 Å². The summed E-state index contributed by atoms with van der Waals surface area (Å²) in [6.45, 7) is 0.299. The highest BCUT2D eigenvalue weighted by atomic mass is 35.5. The maximum Gasteiger partial charge on any atom is 0.240 e. The summed E-state index contributed by atoms with van der Waals surface area (Å²) < 4.78 is 34.8. The SMILES string of the molecule is COc1ccc(S(=O)(=O)NC[C@@H](O)[C@H](Cc2ccccc2)[NH2+]Cc2cc(Cl)ccc2-n2cnnn2)cc1. The van der Waals surface area contributed by atoms with Gasteiger partial charge in [0.15, 0.2) is 0 Å². The van der Waals surface area contributed by atoms with Crippen LogP contribution in [0.5, 0.6) is 5.75 Å². The number of ether oxygens (including phenoxy) is 1. The number of nitrogens with two attached hydrogens (primary N) is 1. The van der Waals surface area contributed by atoms with Crippen molar-refractivity contribution in [2.75, 3.05) is 13.7 Å². The number of methoxy groups -OCH3 is 1. The minimum Gasteiger partial charge on any atom is -0.497 e. The Balaban J connectivity index is 1.50. The molecule has 0 unspecified atom stereocenters. The van der Waals surface area contributed by atoms with E-state index < -0.39 is 16.1 Å². The lowest BCUT2D eigenvalue weighted by molar-refractivity contribution is -0.710. The molecule has 0 spiro atoms. The zero-order chi connectivity index (χ0) is 26.3. The van der Waals surface area contributed by atoms with E-state index in [-0.39, 0.29) is 17.5 Å². The average Bonchev–Trinajstić information content (AvgIpc) is 3.45. The van der Waals surface area contributed by atoms with Gasteiger partial charge in [-0.25, -0.2) is 17.8 Å². The minimum absolute atomic E-state index is 0.0918. The van der Waals surface area contributed by atoms with Crippen LogP contribution in [0.4, 0.5) is 0 Å². The summed E-state index contributed by atoms with van der Waals surface area (Å²) in [7, 11) is -2.31. The Morgan fingerprint density at radius 1 is 1.11 bits per heavy atom. The molecule has 0 aliphatic carbocycles. The van der Waals surface area contributed by atoms with Crippen molar-refractivity contribution in [2.45, 2.75) is 30.0 Å². The summed E-state index contributed by atoms with van der Waals surface area (Å²) in [5.74, 6) is 0.554. The number of hydrogen-bond donors (Lipinski definition) is 3. The van der Waals surface area contributed by atoms with Crippen LogP contribution in [0.2, 0.25) is 5.02 Å². The van der Waals surface area contributed by atoms with Gasteiger partial charge in [0, 0.05) is 23.6 Å². The standard InChI is InChI=1S/C25H27ClN6O4S/c1-36-21-8-10-22(11-9-21)37(34,35)29-16-25(33)23(13-18-5-3-2-4-6-18)27-15-19-14-20(26)7-12-24(19)32-17-28-30-31-32/h2-12,14,17,23,25,27,29,33H,13,15-16H2,1H3/p+1/t23-,25+/m0/s1. The van der Waals surface area contributed by atoms with Crippen LogP contribution in [0.25, 0.3) is 5.69 Å². The maximum absolute atomic E-state index is 12.8. The second-order valence-corrected chi connectivity index (χ2v) is 10.6. The number of quaternary nitrogens is 1. The second kappa shape index (κ2) is 12.3. The van der Waals surface area contributed by atoms with E-state index in [1.54, 1.807) is 22.9 Å². The topological polar surface area (TPSA) is 136 Å². The number of hydrogen-bond acceptors (Lipinski definition) is 7. The third kappa shape index (κ3) is 7.12. The van der Waals surface area contributed by atoms with E-state index in [0.29, 0.717) is 23.7 Å². The number of rotatable bonds is 12. The van der Waals surface area contributed by atoms with Gasteiger partial charge < -0.3 is 15.2 Å². The highest BCUT2D eigenvalue weighted by Gasteiger charge is 2.26. The number of nitrogens with one attached hydrogen (secondary N) is 1. The van der Waals surface area contributed by atoms with Crippen molar-refractivity contribution in [2.24, 2.45) is 0 Å². The molecule has 4 rings (SSSR count). The molecule has 2 atom stereocenters. The summed E-state index contributed by atoms with van der Waals surface area (Å²) >= 11 is 6.25. The summed E-state index contributed by atoms with van der Waals surface area (Å²) in [4.78, 5) is 0.0918. The first-order valence-electron chi connectivity index (χ1n) is 11.6. The zero-order valence-corrected chi connectivity index (χ0v) is 21.7. The lowest BCUT2D eigenvalue weighted by Gasteiger charge is -2.22. The molecule has 0 radical (unpaired) electrons. The predicted molar refractivity (Wildman–Crippen MR) is 138 cm³/mol. The summed E-state index contributed by atoms with van der Waals surface area (Å²) in [5, 5.41) is 25.0. The average molecular weight is 544 g/mol. The van der Waals surface area contributed by atoms with Crippen molar-refractivity contribution in [1.82, 2.24) is 24.9 Å². The van der Waals surface area contributed by atoms with Crippen molar-refractivity contribution in [1.29, 1.82) is 0 Å². The first-order valence-corrected chi connectivity index (χ1v) is 13.4. The van der Waals surface area contributed by atoms with Gasteiger partial charge >= 0.3 is 0 Å². The molecule has 1 aromatic heterocycles. The minimum atomic E-state index is -3.82. The van der Waals surface area contributed by atoms with Gasteiger partial charge in [-0.3, -0.25) is 0 Å². The molecule has 0 saturated heterocycles. The number of aliphatic hydroxyl groups excluding tert-OH is 1. The molecule has 4 aromatic rings. The molecule has 0 aliphatic heterocycles. The number of nitrogens with zero attached hydrogens (tertiary/aromatic N) is 4. The Bertz CT molecular complexity index is 1390. The third-order valence-electron chi connectivity index (χ3n) is 5.94. The monoisotopic (exact) mass is 543 g/mol. The number of halogens is 1. The summed E-state index contributed by atoms with van der Waals surface area (Å²) in [5.41, 5.74) is 2.65. The fraction of sp³-hybridized carbons (Fsp3) is 0.240. The Kier molecular flexibility index (Phi) is 8.85. The largest absolute Gasteiger partial charge is 0.497 e. The molecule has 0 saturated carbocycles. The highest BCUT2D eigenvalue weighted by Crippen LogP contribution is 2.19. The number of benzene rings is 3. The van der Waals surface area contributed by atoms with Crippen LogP contribution in [0.15, 0.2) is 84.0 Å². The van der Waals surface area contributed by atoms with Crippen LogP contribution in [-0.4, -0.2) is 59.5 Å². The van der Waals surface area contributed by atoms with Gasteiger partial charge in [0.25, 0.3) is 0 Å². The number of tetrazole rings is 1. The molecule has 4 N–H and O–H groups in total. The molecule has 194 valence electrons. The van der Waals surface area contributed by atoms with Crippen LogP contribution in [0.3, 0.4) is 0 Å². The molecule has 0 fully saturated rings. The van der Waals surface area contributed by atoms with Crippen LogP contribution in [0.1, 0.15) is 11.1 Å². The van der Waals surface area contributed by atoms with Crippen molar-refractivity contribution < 1.29 is 23.6 Å². The Morgan fingerprint density at radius 2 is 1.86 bits per heavy atom. The van der Waals surface area contributed by atoms with E-state index >= 15 is 0 Å². The smallest absolute Gasteiger partial charge is 0.240 e.